The Hall–Kier alpha value is -1.07. The lowest BCUT2D eigenvalue weighted by Gasteiger charge is -2.16. The Balaban J connectivity index is 0.00000144. The second-order valence-electron chi connectivity index (χ2n) is 4.43. The molecule has 0 aliphatic heterocycles. The Morgan fingerprint density at radius 2 is 2.41 bits per heavy atom. The van der Waals surface area contributed by atoms with Crippen LogP contribution in [0.5, 0.6) is 0 Å². The maximum absolute atomic E-state index is 12.0. The van der Waals surface area contributed by atoms with E-state index in [1.807, 2.05) is 7.05 Å². The molecule has 1 amide bonds. The third-order valence-corrected chi connectivity index (χ3v) is 3.27. The molecule has 2 atom stereocenters. The molecule has 0 bridgehead atoms. The second-order valence-corrected chi connectivity index (χ2v) is 4.43. The third-order valence-electron chi connectivity index (χ3n) is 3.27. The zero-order chi connectivity index (χ0) is 11.5. The molecule has 0 radical (unpaired) electrons. The standard InChI is InChI=1S/C11H18N4O.ClH/c1-15-7-9(6-13-15)14-11(16)10-4-2-3-8(10)5-12;/h6-8,10H,2-5,12H2,1H3,(H,14,16);1H/t8-,10-;/m1./s1. The summed E-state index contributed by atoms with van der Waals surface area (Å²) in [5, 5.41) is 6.90. The molecule has 1 aliphatic carbocycles. The number of aromatic nitrogens is 2. The van der Waals surface area contributed by atoms with Gasteiger partial charge >= 0.3 is 0 Å². The number of aryl methyl sites for hydroxylation is 1. The van der Waals surface area contributed by atoms with E-state index in [0.717, 1.165) is 24.9 Å². The van der Waals surface area contributed by atoms with Gasteiger partial charge in [0.1, 0.15) is 0 Å². The summed E-state index contributed by atoms with van der Waals surface area (Å²) in [6.07, 6.45) is 6.58. The summed E-state index contributed by atoms with van der Waals surface area (Å²) >= 11 is 0. The van der Waals surface area contributed by atoms with Crippen molar-refractivity contribution in [1.82, 2.24) is 9.78 Å². The highest BCUT2D eigenvalue weighted by molar-refractivity contribution is 5.92. The highest BCUT2D eigenvalue weighted by Crippen LogP contribution is 2.31. The van der Waals surface area contributed by atoms with Crippen molar-refractivity contribution in [2.45, 2.75) is 19.3 Å². The van der Waals surface area contributed by atoms with Gasteiger partial charge in [-0.2, -0.15) is 5.10 Å². The fourth-order valence-electron chi connectivity index (χ4n) is 2.38. The minimum atomic E-state index is 0. The quantitative estimate of drug-likeness (QED) is 0.854. The van der Waals surface area contributed by atoms with Crippen molar-refractivity contribution in [3.05, 3.63) is 12.4 Å². The van der Waals surface area contributed by atoms with Gasteiger partial charge in [0, 0.05) is 19.2 Å². The summed E-state index contributed by atoms with van der Waals surface area (Å²) in [4.78, 5) is 12.0. The molecule has 1 aromatic heterocycles. The lowest BCUT2D eigenvalue weighted by atomic mass is 9.95. The van der Waals surface area contributed by atoms with Crippen LogP contribution in [0.1, 0.15) is 19.3 Å². The van der Waals surface area contributed by atoms with Gasteiger partial charge in [0.25, 0.3) is 0 Å². The Labute approximate surface area is 107 Å². The predicted molar refractivity (Wildman–Crippen MR) is 69.0 cm³/mol. The van der Waals surface area contributed by atoms with Crippen LogP contribution in [0.25, 0.3) is 0 Å². The van der Waals surface area contributed by atoms with Crippen LogP contribution in [0.15, 0.2) is 12.4 Å². The van der Waals surface area contributed by atoms with Crippen LogP contribution in [-0.2, 0) is 11.8 Å². The SMILES string of the molecule is Cl.Cn1cc(NC(=O)[C@@H]2CCC[C@@H]2CN)cn1. The number of amides is 1. The number of nitrogens with one attached hydrogen (secondary N) is 1. The summed E-state index contributed by atoms with van der Waals surface area (Å²) in [5.74, 6) is 0.503. The van der Waals surface area contributed by atoms with Crippen molar-refractivity contribution in [1.29, 1.82) is 0 Å². The third kappa shape index (κ3) is 3.20. The Kier molecular flexibility index (Phi) is 4.96. The van der Waals surface area contributed by atoms with Crippen molar-refractivity contribution >= 4 is 24.0 Å². The van der Waals surface area contributed by atoms with Crippen LogP contribution in [-0.4, -0.2) is 22.2 Å². The zero-order valence-electron chi connectivity index (χ0n) is 9.93. The normalized spacial score (nSPS) is 23.2. The van der Waals surface area contributed by atoms with Crippen molar-refractivity contribution in [2.24, 2.45) is 24.6 Å². The number of nitrogens with two attached hydrogens (primary N) is 1. The van der Waals surface area contributed by atoms with E-state index in [1.165, 1.54) is 0 Å². The summed E-state index contributed by atoms with van der Waals surface area (Å²) in [7, 11) is 1.83. The Morgan fingerprint density at radius 3 is 3.00 bits per heavy atom. The molecular weight excluding hydrogens is 240 g/mol. The van der Waals surface area contributed by atoms with Gasteiger partial charge in [0.05, 0.1) is 11.9 Å². The molecule has 1 heterocycles. The number of nitrogens with zero attached hydrogens (tertiary/aromatic N) is 2. The summed E-state index contributed by atoms with van der Waals surface area (Å²) in [6, 6.07) is 0. The summed E-state index contributed by atoms with van der Waals surface area (Å²) < 4.78 is 1.67. The van der Waals surface area contributed by atoms with E-state index in [2.05, 4.69) is 10.4 Å². The van der Waals surface area contributed by atoms with Gasteiger partial charge in [-0.15, -0.1) is 12.4 Å². The van der Waals surface area contributed by atoms with Crippen LogP contribution in [0.2, 0.25) is 0 Å². The first kappa shape index (κ1) is 14.0. The first-order valence-electron chi connectivity index (χ1n) is 5.70. The number of carbonyl (C=O) groups is 1. The van der Waals surface area contributed by atoms with Gasteiger partial charge in [-0.1, -0.05) is 6.42 Å². The molecule has 96 valence electrons. The summed E-state index contributed by atoms with van der Waals surface area (Å²) in [5.41, 5.74) is 6.42. The van der Waals surface area contributed by atoms with E-state index in [4.69, 9.17) is 5.73 Å². The smallest absolute Gasteiger partial charge is 0.227 e. The molecular formula is C11H19ClN4O. The van der Waals surface area contributed by atoms with Gasteiger partial charge in [-0.3, -0.25) is 9.48 Å². The number of hydrogen-bond donors (Lipinski definition) is 2. The summed E-state index contributed by atoms with van der Waals surface area (Å²) in [6.45, 7) is 0.602. The number of carbonyl (C=O) groups excluding carboxylic acids is 1. The maximum Gasteiger partial charge on any atom is 0.227 e. The van der Waals surface area contributed by atoms with Crippen LogP contribution in [0, 0.1) is 11.8 Å². The average Bonchev–Trinajstić information content (AvgIpc) is 2.86. The van der Waals surface area contributed by atoms with Crippen LogP contribution in [0.3, 0.4) is 0 Å². The number of halogens is 1. The molecule has 0 aromatic carbocycles. The highest BCUT2D eigenvalue weighted by atomic mass is 35.5. The topological polar surface area (TPSA) is 72.9 Å². The number of hydrogen-bond acceptors (Lipinski definition) is 3. The van der Waals surface area contributed by atoms with E-state index in [0.29, 0.717) is 12.5 Å². The molecule has 1 aliphatic rings. The highest BCUT2D eigenvalue weighted by Gasteiger charge is 2.31. The van der Waals surface area contributed by atoms with Crippen LogP contribution >= 0.6 is 12.4 Å². The number of rotatable bonds is 3. The molecule has 0 saturated heterocycles. The zero-order valence-corrected chi connectivity index (χ0v) is 10.7. The molecule has 17 heavy (non-hydrogen) atoms. The Bertz CT molecular complexity index is 379. The van der Waals surface area contributed by atoms with E-state index in [1.54, 1.807) is 17.1 Å². The second kappa shape index (κ2) is 6.02. The van der Waals surface area contributed by atoms with E-state index in [-0.39, 0.29) is 24.2 Å². The molecule has 1 fully saturated rings. The molecule has 2 rings (SSSR count). The van der Waals surface area contributed by atoms with Gasteiger partial charge in [0.2, 0.25) is 5.91 Å². The van der Waals surface area contributed by atoms with E-state index in [9.17, 15) is 4.79 Å². The first-order valence-corrected chi connectivity index (χ1v) is 5.70. The fraction of sp³-hybridized carbons (Fsp3) is 0.636. The molecule has 5 nitrogen and oxygen atoms in total. The fourth-order valence-corrected chi connectivity index (χ4v) is 2.38. The largest absolute Gasteiger partial charge is 0.330 e. The molecule has 3 N–H and O–H groups in total. The van der Waals surface area contributed by atoms with Gasteiger partial charge in [0.15, 0.2) is 0 Å². The Morgan fingerprint density at radius 1 is 1.65 bits per heavy atom. The van der Waals surface area contributed by atoms with Crippen molar-refractivity contribution < 1.29 is 4.79 Å². The lowest BCUT2D eigenvalue weighted by molar-refractivity contribution is -0.120. The molecule has 0 unspecified atom stereocenters. The van der Waals surface area contributed by atoms with Gasteiger partial charge in [-0.05, 0) is 25.3 Å². The minimum absolute atomic E-state index is 0. The van der Waals surface area contributed by atoms with Gasteiger partial charge < -0.3 is 11.1 Å². The van der Waals surface area contributed by atoms with E-state index >= 15 is 0 Å². The minimum Gasteiger partial charge on any atom is -0.330 e. The van der Waals surface area contributed by atoms with Gasteiger partial charge in [-0.25, -0.2) is 0 Å². The first-order chi connectivity index (χ1) is 7.70. The number of anilines is 1. The monoisotopic (exact) mass is 258 g/mol. The van der Waals surface area contributed by atoms with E-state index < -0.39 is 0 Å². The lowest BCUT2D eigenvalue weighted by Crippen LogP contribution is -2.29. The van der Waals surface area contributed by atoms with Crippen LogP contribution < -0.4 is 11.1 Å². The maximum atomic E-state index is 12.0. The van der Waals surface area contributed by atoms with Crippen molar-refractivity contribution in [2.75, 3.05) is 11.9 Å². The molecule has 1 aromatic rings. The van der Waals surface area contributed by atoms with Crippen molar-refractivity contribution in [3.63, 3.8) is 0 Å². The predicted octanol–water partition coefficient (Wildman–Crippen LogP) is 1.16. The van der Waals surface area contributed by atoms with Crippen LogP contribution in [0.4, 0.5) is 5.69 Å². The molecule has 0 spiro atoms. The molecule has 6 heteroatoms. The molecule has 1 saturated carbocycles. The van der Waals surface area contributed by atoms with Crippen molar-refractivity contribution in [3.8, 4) is 0 Å². The average molecular weight is 259 g/mol.